The molecule has 0 fully saturated rings. The highest BCUT2D eigenvalue weighted by atomic mass is 16.5. The summed E-state index contributed by atoms with van der Waals surface area (Å²) in [7, 11) is 0. The molecular weight excluding hydrogens is 248 g/mol. The second-order valence-corrected chi connectivity index (χ2v) is 5.62. The molecule has 3 heteroatoms. The quantitative estimate of drug-likeness (QED) is 0.861. The Hall–Kier alpha value is -1.84. The number of ether oxygens (including phenoxy) is 1. The van der Waals surface area contributed by atoms with Gasteiger partial charge in [-0.25, -0.2) is 0 Å². The number of hydrogen-bond acceptors (Lipinski definition) is 3. The third-order valence-corrected chi connectivity index (χ3v) is 4.44. The van der Waals surface area contributed by atoms with Crippen LogP contribution in [0.25, 0.3) is 0 Å². The van der Waals surface area contributed by atoms with Crippen LogP contribution in [-0.2, 0) is 13.1 Å². The molecule has 2 heterocycles. The zero-order valence-corrected chi connectivity index (χ0v) is 11.3. The Bertz CT molecular complexity index is 615. The van der Waals surface area contributed by atoms with Gasteiger partial charge in [-0.3, -0.25) is 4.90 Å². The maximum absolute atomic E-state index is 6.48. The minimum absolute atomic E-state index is 0.0225. The first-order valence-electron chi connectivity index (χ1n) is 7.11. The molecule has 2 unspecified atom stereocenters. The minimum Gasteiger partial charge on any atom is -0.492 e. The van der Waals surface area contributed by atoms with E-state index in [1.807, 2.05) is 18.2 Å². The molecule has 2 atom stereocenters. The molecule has 0 amide bonds. The maximum Gasteiger partial charge on any atom is 0.124 e. The summed E-state index contributed by atoms with van der Waals surface area (Å²) >= 11 is 0. The third-order valence-electron chi connectivity index (χ3n) is 4.44. The number of rotatable bonds is 1. The molecule has 2 N–H and O–H groups in total. The van der Waals surface area contributed by atoms with Gasteiger partial charge in [0.25, 0.3) is 0 Å². The number of nitrogens with two attached hydrogens (primary N) is 1. The predicted molar refractivity (Wildman–Crippen MR) is 78.3 cm³/mol. The molecule has 0 aliphatic carbocycles. The zero-order valence-electron chi connectivity index (χ0n) is 11.3. The van der Waals surface area contributed by atoms with Crippen molar-refractivity contribution >= 4 is 0 Å². The summed E-state index contributed by atoms with van der Waals surface area (Å²) in [5.41, 5.74) is 10.4. The van der Waals surface area contributed by atoms with Crippen molar-refractivity contribution in [1.29, 1.82) is 0 Å². The van der Waals surface area contributed by atoms with Gasteiger partial charge in [0.2, 0.25) is 0 Å². The number of benzene rings is 2. The lowest BCUT2D eigenvalue weighted by Gasteiger charge is -2.36. The molecule has 20 heavy (non-hydrogen) atoms. The summed E-state index contributed by atoms with van der Waals surface area (Å²) in [6, 6.07) is 17.0. The van der Waals surface area contributed by atoms with Crippen molar-refractivity contribution in [3.8, 4) is 5.75 Å². The summed E-state index contributed by atoms with van der Waals surface area (Å²) in [5, 5.41) is 0. The Kier molecular flexibility index (Phi) is 2.76. The van der Waals surface area contributed by atoms with Gasteiger partial charge in [-0.1, -0.05) is 42.5 Å². The first kappa shape index (κ1) is 11.9. The lowest BCUT2D eigenvalue weighted by Crippen LogP contribution is -2.46. The predicted octanol–water partition coefficient (Wildman–Crippen LogP) is 2.46. The van der Waals surface area contributed by atoms with Crippen LogP contribution in [0.1, 0.15) is 22.7 Å². The average molecular weight is 266 g/mol. The molecule has 102 valence electrons. The molecular formula is C17H18N2O. The number of nitrogens with zero attached hydrogens (tertiary/aromatic N) is 1. The van der Waals surface area contributed by atoms with Gasteiger partial charge in [-0.15, -0.1) is 0 Å². The fourth-order valence-electron chi connectivity index (χ4n) is 3.30. The molecule has 2 aromatic carbocycles. The van der Waals surface area contributed by atoms with Crippen LogP contribution >= 0.6 is 0 Å². The molecule has 2 aliphatic rings. The van der Waals surface area contributed by atoms with E-state index in [9.17, 15) is 0 Å². The lowest BCUT2D eigenvalue weighted by atomic mass is 9.96. The van der Waals surface area contributed by atoms with E-state index in [0.717, 1.165) is 24.4 Å². The highest BCUT2D eigenvalue weighted by molar-refractivity contribution is 5.39. The summed E-state index contributed by atoms with van der Waals surface area (Å²) in [6.07, 6.45) is 0. The highest BCUT2D eigenvalue weighted by Gasteiger charge is 2.34. The Morgan fingerprint density at radius 1 is 0.950 bits per heavy atom. The maximum atomic E-state index is 6.48. The largest absolute Gasteiger partial charge is 0.492 e. The summed E-state index contributed by atoms with van der Waals surface area (Å²) in [6.45, 7) is 2.62. The van der Waals surface area contributed by atoms with Crippen molar-refractivity contribution in [3.05, 3.63) is 65.2 Å². The molecule has 4 rings (SSSR count). The van der Waals surface area contributed by atoms with Crippen molar-refractivity contribution in [2.45, 2.75) is 25.2 Å². The van der Waals surface area contributed by atoms with Crippen LogP contribution in [-0.4, -0.2) is 17.5 Å². The zero-order chi connectivity index (χ0) is 13.5. The van der Waals surface area contributed by atoms with E-state index in [1.54, 1.807) is 0 Å². The van der Waals surface area contributed by atoms with E-state index in [1.165, 1.54) is 11.1 Å². The van der Waals surface area contributed by atoms with E-state index in [2.05, 4.69) is 35.2 Å². The highest BCUT2D eigenvalue weighted by Crippen LogP contribution is 2.35. The smallest absolute Gasteiger partial charge is 0.124 e. The Balaban J connectivity index is 1.60. The van der Waals surface area contributed by atoms with Gasteiger partial charge < -0.3 is 10.5 Å². The summed E-state index contributed by atoms with van der Waals surface area (Å²) in [5.74, 6) is 0.938. The molecule has 0 spiro atoms. The van der Waals surface area contributed by atoms with Crippen LogP contribution in [0, 0.1) is 0 Å². The molecule has 3 nitrogen and oxygen atoms in total. The topological polar surface area (TPSA) is 38.5 Å². The molecule has 0 saturated heterocycles. The Morgan fingerprint density at radius 2 is 1.60 bits per heavy atom. The molecule has 0 aromatic heterocycles. The molecule has 0 bridgehead atoms. The third kappa shape index (κ3) is 1.82. The molecule has 0 radical (unpaired) electrons. The standard InChI is InChI=1S/C17H18N2O/c18-17-14-7-3-4-8-16(14)20-11-15(17)19-9-12-5-1-2-6-13(12)10-19/h1-8,15,17H,9-11,18H2. The normalized spacial score (nSPS) is 24.9. The Labute approximate surface area is 119 Å². The van der Waals surface area contributed by atoms with Crippen molar-refractivity contribution in [2.75, 3.05) is 6.61 Å². The minimum atomic E-state index is 0.0225. The number of hydrogen-bond donors (Lipinski definition) is 1. The average Bonchev–Trinajstić information content (AvgIpc) is 2.91. The molecule has 2 aliphatic heterocycles. The number of fused-ring (bicyclic) bond motifs is 2. The van der Waals surface area contributed by atoms with Crippen LogP contribution in [0.3, 0.4) is 0 Å². The van der Waals surface area contributed by atoms with Gasteiger partial charge in [0.15, 0.2) is 0 Å². The van der Waals surface area contributed by atoms with E-state index in [-0.39, 0.29) is 12.1 Å². The van der Waals surface area contributed by atoms with Crippen LogP contribution < -0.4 is 10.5 Å². The Morgan fingerprint density at radius 3 is 2.35 bits per heavy atom. The van der Waals surface area contributed by atoms with Gasteiger partial charge in [-0.05, 0) is 17.2 Å². The van der Waals surface area contributed by atoms with Crippen molar-refractivity contribution in [2.24, 2.45) is 5.73 Å². The molecule has 0 saturated carbocycles. The van der Waals surface area contributed by atoms with Gasteiger partial charge in [-0.2, -0.15) is 0 Å². The van der Waals surface area contributed by atoms with Crippen molar-refractivity contribution in [1.82, 2.24) is 4.90 Å². The fourth-order valence-corrected chi connectivity index (χ4v) is 3.30. The van der Waals surface area contributed by atoms with Crippen molar-refractivity contribution in [3.63, 3.8) is 0 Å². The van der Waals surface area contributed by atoms with Gasteiger partial charge in [0, 0.05) is 18.7 Å². The van der Waals surface area contributed by atoms with Crippen molar-refractivity contribution < 1.29 is 4.74 Å². The summed E-state index contributed by atoms with van der Waals surface area (Å²) in [4.78, 5) is 2.44. The SMILES string of the molecule is NC1c2ccccc2OCC1N1Cc2ccccc2C1. The van der Waals surface area contributed by atoms with E-state index in [4.69, 9.17) is 10.5 Å². The second kappa shape index (κ2) is 4.62. The van der Waals surface area contributed by atoms with Crippen LogP contribution in [0.5, 0.6) is 5.75 Å². The van der Waals surface area contributed by atoms with Crippen LogP contribution in [0.4, 0.5) is 0 Å². The monoisotopic (exact) mass is 266 g/mol. The lowest BCUT2D eigenvalue weighted by molar-refractivity contribution is 0.0959. The van der Waals surface area contributed by atoms with E-state index >= 15 is 0 Å². The first-order valence-corrected chi connectivity index (χ1v) is 7.11. The fraction of sp³-hybridized carbons (Fsp3) is 0.294. The van der Waals surface area contributed by atoms with Crippen LogP contribution in [0.15, 0.2) is 48.5 Å². The van der Waals surface area contributed by atoms with Crippen LogP contribution in [0.2, 0.25) is 0 Å². The van der Waals surface area contributed by atoms with E-state index in [0.29, 0.717) is 6.61 Å². The van der Waals surface area contributed by atoms with Gasteiger partial charge in [0.1, 0.15) is 12.4 Å². The summed E-state index contributed by atoms with van der Waals surface area (Å²) < 4.78 is 5.90. The molecule has 2 aromatic rings. The van der Waals surface area contributed by atoms with E-state index < -0.39 is 0 Å². The van der Waals surface area contributed by atoms with Gasteiger partial charge in [0.05, 0.1) is 12.1 Å². The second-order valence-electron chi connectivity index (χ2n) is 5.62. The number of para-hydroxylation sites is 1. The van der Waals surface area contributed by atoms with Gasteiger partial charge >= 0.3 is 0 Å². The first-order chi connectivity index (χ1) is 9.83.